The number of phenols is 1. The third-order valence-corrected chi connectivity index (χ3v) is 10.9. The number of aliphatic carboxylic acids is 1. The average Bonchev–Trinajstić information content (AvgIpc) is 3.86. The number of hydrogen-bond acceptors (Lipinski definition) is 7. The summed E-state index contributed by atoms with van der Waals surface area (Å²) in [4.78, 5) is 81.8. The fourth-order valence-electron chi connectivity index (χ4n) is 7.78. The van der Waals surface area contributed by atoms with Gasteiger partial charge in [0.05, 0.1) is 12.5 Å². The Bertz CT molecular complexity index is 1350. The van der Waals surface area contributed by atoms with Crippen molar-refractivity contribution in [1.29, 1.82) is 0 Å². The van der Waals surface area contributed by atoms with Crippen molar-refractivity contribution >= 4 is 35.4 Å². The summed E-state index contributed by atoms with van der Waals surface area (Å²) < 4.78 is 0. The minimum absolute atomic E-state index is 0.0129. The SMILES string of the molecule is CCCCCCCCCCCCCCCC(=O)C(CCC)C(=O)N1CCC[C@H]1C(=O)N1CCC[C@H]1C(=O)NCC(=O)N[C@@H](Cc1ccc(O)cc1)C(=O)O. The van der Waals surface area contributed by atoms with Gasteiger partial charge in [0.15, 0.2) is 0 Å². The average molecular weight is 755 g/mol. The van der Waals surface area contributed by atoms with Crippen molar-refractivity contribution < 1.29 is 39.0 Å². The monoisotopic (exact) mass is 754 g/mol. The van der Waals surface area contributed by atoms with Crippen molar-refractivity contribution in [2.24, 2.45) is 5.92 Å². The van der Waals surface area contributed by atoms with E-state index in [1.165, 1.54) is 81.2 Å². The minimum atomic E-state index is -1.24. The van der Waals surface area contributed by atoms with Gasteiger partial charge in [-0.3, -0.25) is 24.0 Å². The molecule has 4 amide bonds. The molecule has 12 nitrogen and oxygen atoms in total. The molecule has 4 N–H and O–H groups in total. The Hall–Kier alpha value is -3.96. The first-order valence-electron chi connectivity index (χ1n) is 20.8. The van der Waals surface area contributed by atoms with Gasteiger partial charge in [0.1, 0.15) is 29.7 Å². The van der Waals surface area contributed by atoms with Crippen LogP contribution in [0.1, 0.15) is 148 Å². The second-order valence-electron chi connectivity index (χ2n) is 15.2. The molecule has 12 heteroatoms. The number of carboxylic acids is 1. The lowest BCUT2D eigenvalue weighted by Crippen LogP contribution is -2.55. The summed E-state index contributed by atoms with van der Waals surface area (Å²) in [7, 11) is 0. The van der Waals surface area contributed by atoms with Crippen LogP contribution >= 0.6 is 0 Å². The number of phenolic OH excluding ortho intramolecular Hbond substituents is 1. The Balaban J connectivity index is 1.44. The molecule has 0 aromatic heterocycles. The maximum absolute atomic E-state index is 13.9. The van der Waals surface area contributed by atoms with Gasteiger partial charge in [0.25, 0.3) is 0 Å². The van der Waals surface area contributed by atoms with E-state index in [4.69, 9.17) is 0 Å². The largest absolute Gasteiger partial charge is 0.508 e. The first-order chi connectivity index (χ1) is 26.1. The van der Waals surface area contributed by atoms with E-state index in [1.54, 1.807) is 17.0 Å². The van der Waals surface area contributed by atoms with E-state index in [0.717, 1.165) is 19.3 Å². The molecule has 4 atom stereocenters. The number of carbonyl (C=O) groups is 6. The first-order valence-corrected chi connectivity index (χ1v) is 20.8. The highest BCUT2D eigenvalue weighted by Crippen LogP contribution is 2.28. The lowest BCUT2D eigenvalue weighted by molar-refractivity contribution is -0.150. The van der Waals surface area contributed by atoms with Crippen LogP contribution in [0.3, 0.4) is 0 Å². The number of amides is 4. The van der Waals surface area contributed by atoms with Gasteiger partial charge in [-0.15, -0.1) is 0 Å². The van der Waals surface area contributed by atoms with Gasteiger partial charge in [0.2, 0.25) is 23.6 Å². The molecule has 2 aliphatic rings. The lowest BCUT2D eigenvalue weighted by Gasteiger charge is -2.32. The summed E-state index contributed by atoms with van der Waals surface area (Å²) in [5.41, 5.74) is 0.601. The van der Waals surface area contributed by atoms with E-state index in [-0.39, 0.29) is 29.8 Å². The van der Waals surface area contributed by atoms with E-state index in [1.807, 2.05) is 6.92 Å². The zero-order valence-corrected chi connectivity index (χ0v) is 32.8. The van der Waals surface area contributed by atoms with Gasteiger partial charge in [-0.25, -0.2) is 4.79 Å². The number of carboxylic acid groups (broad SMARTS) is 1. The molecule has 1 unspecified atom stereocenters. The zero-order valence-electron chi connectivity index (χ0n) is 32.8. The van der Waals surface area contributed by atoms with Crippen LogP contribution in [0.15, 0.2) is 24.3 Å². The molecule has 3 rings (SSSR count). The number of Topliss-reactive ketones (excluding diaryl/α,β-unsaturated/α-hetero) is 1. The van der Waals surface area contributed by atoms with E-state index in [9.17, 15) is 39.0 Å². The fourth-order valence-corrected chi connectivity index (χ4v) is 7.78. The maximum atomic E-state index is 13.9. The molecule has 0 radical (unpaired) electrons. The molecule has 0 aliphatic carbocycles. The number of unbranched alkanes of at least 4 members (excludes halogenated alkanes) is 12. The Labute approximate surface area is 322 Å². The van der Waals surface area contributed by atoms with E-state index >= 15 is 0 Å². The summed E-state index contributed by atoms with van der Waals surface area (Å²) >= 11 is 0. The number of carbonyl (C=O) groups excluding carboxylic acids is 5. The van der Waals surface area contributed by atoms with Crippen LogP contribution in [-0.4, -0.2) is 93.2 Å². The Morgan fingerprint density at radius 1 is 0.741 bits per heavy atom. The van der Waals surface area contributed by atoms with Crippen molar-refractivity contribution in [3.8, 4) is 5.75 Å². The minimum Gasteiger partial charge on any atom is -0.508 e. The number of nitrogens with zero attached hydrogens (tertiary/aromatic N) is 2. The quantitative estimate of drug-likeness (QED) is 0.0652. The third kappa shape index (κ3) is 14.7. The molecule has 2 heterocycles. The maximum Gasteiger partial charge on any atom is 0.326 e. The van der Waals surface area contributed by atoms with Gasteiger partial charge >= 0.3 is 5.97 Å². The Kier molecular flexibility index (Phi) is 20.1. The van der Waals surface area contributed by atoms with Crippen molar-refractivity contribution in [2.75, 3.05) is 19.6 Å². The molecule has 2 saturated heterocycles. The topological polar surface area (TPSA) is 173 Å². The van der Waals surface area contributed by atoms with Gasteiger partial charge in [0, 0.05) is 25.9 Å². The number of nitrogens with one attached hydrogen (secondary N) is 2. The highest BCUT2D eigenvalue weighted by atomic mass is 16.4. The molecule has 0 spiro atoms. The van der Waals surface area contributed by atoms with Crippen LogP contribution in [0.2, 0.25) is 0 Å². The molecule has 54 heavy (non-hydrogen) atoms. The van der Waals surface area contributed by atoms with Crippen LogP contribution < -0.4 is 10.6 Å². The predicted octanol–water partition coefficient (Wildman–Crippen LogP) is 6.07. The second-order valence-corrected chi connectivity index (χ2v) is 15.2. The van der Waals surface area contributed by atoms with Crippen molar-refractivity contribution in [3.05, 3.63) is 29.8 Å². The fraction of sp³-hybridized carbons (Fsp3) is 0.714. The van der Waals surface area contributed by atoms with Crippen molar-refractivity contribution in [2.45, 2.75) is 167 Å². The predicted molar refractivity (Wildman–Crippen MR) is 208 cm³/mol. The zero-order chi connectivity index (χ0) is 39.3. The van der Waals surface area contributed by atoms with Crippen LogP contribution in [0.5, 0.6) is 5.75 Å². The number of ketones is 1. The molecule has 1 aromatic rings. The summed E-state index contributed by atoms with van der Waals surface area (Å²) in [5.74, 6) is -3.83. The van der Waals surface area contributed by atoms with Crippen LogP contribution in [0.25, 0.3) is 0 Å². The highest BCUT2D eigenvalue weighted by Gasteiger charge is 2.44. The lowest BCUT2D eigenvalue weighted by atomic mass is 9.92. The number of benzene rings is 1. The second kappa shape index (κ2) is 24.4. The van der Waals surface area contributed by atoms with Gasteiger partial charge < -0.3 is 30.6 Å². The number of hydrogen-bond donors (Lipinski definition) is 4. The molecule has 2 aliphatic heterocycles. The molecular weight excluding hydrogens is 688 g/mol. The van der Waals surface area contributed by atoms with Gasteiger partial charge in [-0.2, -0.15) is 0 Å². The normalized spacial score (nSPS) is 18.0. The van der Waals surface area contributed by atoms with Gasteiger partial charge in [-0.05, 0) is 56.2 Å². The van der Waals surface area contributed by atoms with Crippen LogP contribution in [0.4, 0.5) is 0 Å². The molecule has 1 aromatic carbocycles. The van der Waals surface area contributed by atoms with Crippen molar-refractivity contribution in [3.63, 3.8) is 0 Å². The summed E-state index contributed by atoms with van der Waals surface area (Å²) in [5, 5.41) is 24.1. The smallest absolute Gasteiger partial charge is 0.326 e. The molecule has 0 bridgehead atoms. The van der Waals surface area contributed by atoms with E-state index in [2.05, 4.69) is 17.6 Å². The number of aromatic hydroxyl groups is 1. The molecular formula is C42H66N4O8. The molecule has 302 valence electrons. The molecule has 2 fully saturated rings. The van der Waals surface area contributed by atoms with Crippen LogP contribution in [0, 0.1) is 5.92 Å². The standard InChI is InChI=1S/C42H66N4O8/c1-3-5-6-7-8-9-10-11-12-13-14-15-16-22-37(48)33(19-4-2)40(51)46-28-18-21-36(46)41(52)45-27-17-20-35(45)39(50)43-30-38(49)44-34(42(53)54)29-31-23-25-32(47)26-24-31/h23-26,33-36,47H,3-22,27-30H2,1-2H3,(H,43,50)(H,44,49)(H,53,54)/t33?,34-,35-,36-/m0/s1. The third-order valence-electron chi connectivity index (χ3n) is 10.9. The summed E-state index contributed by atoms with van der Waals surface area (Å²) in [6.07, 6.45) is 19.4. The van der Waals surface area contributed by atoms with E-state index in [0.29, 0.717) is 63.6 Å². The first kappa shape index (κ1) is 44.4. The summed E-state index contributed by atoms with van der Waals surface area (Å²) in [6.45, 7) is 4.46. The summed E-state index contributed by atoms with van der Waals surface area (Å²) in [6, 6.07) is 3.17. The van der Waals surface area contributed by atoms with E-state index < -0.39 is 48.4 Å². The van der Waals surface area contributed by atoms with Crippen molar-refractivity contribution in [1.82, 2.24) is 20.4 Å². The van der Waals surface area contributed by atoms with Crippen LogP contribution in [-0.2, 0) is 35.2 Å². The molecule has 0 saturated carbocycles. The highest BCUT2D eigenvalue weighted by molar-refractivity contribution is 6.03. The Morgan fingerprint density at radius 2 is 1.30 bits per heavy atom. The van der Waals surface area contributed by atoms with Gasteiger partial charge in [-0.1, -0.05) is 109 Å². The Morgan fingerprint density at radius 3 is 1.87 bits per heavy atom. The number of likely N-dealkylation sites (tertiary alicyclic amines) is 2. The number of rotatable bonds is 26.